The number of nitrogens with zero attached hydrogens (tertiary/aromatic N) is 1. The zero-order chi connectivity index (χ0) is 29.8. The van der Waals surface area contributed by atoms with Crippen molar-refractivity contribution >= 4 is 17.7 Å². The number of carbonyl (C=O) groups is 3. The van der Waals surface area contributed by atoms with E-state index in [1.165, 1.54) is 4.90 Å². The number of likely N-dealkylation sites (N-methyl/N-ethyl adjacent to an activating group) is 1. The van der Waals surface area contributed by atoms with Crippen molar-refractivity contribution in [3.8, 4) is 5.75 Å². The standard InChI is InChI=1S/C33H42N4O4/c1-5-41-28-17-15-25(16-18-28)19-29(36-31(38)23(2)3)33(40)37(4)30(20-24-9-7-6-8-10-24)32(39)35-22-27-13-11-26(21-34)12-14-27/h6-18,23,29-30H,5,19-22,34H2,1-4H3,(H,35,39)(H,36,38). The summed E-state index contributed by atoms with van der Waals surface area (Å²) in [5, 5.41) is 5.90. The fourth-order valence-electron chi connectivity index (χ4n) is 4.41. The molecule has 0 saturated carbocycles. The summed E-state index contributed by atoms with van der Waals surface area (Å²) >= 11 is 0. The first-order valence-electron chi connectivity index (χ1n) is 14.1. The SMILES string of the molecule is CCOc1ccc(CC(NC(=O)C(C)C)C(=O)N(C)C(Cc2ccccc2)C(=O)NCc2ccc(CN)cc2)cc1. The molecule has 3 rings (SSSR count). The zero-order valence-electron chi connectivity index (χ0n) is 24.4. The van der Waals surface area contributed by atoms with Crippen LogP contribution in [0.5, 0.6) is 5.75 Å². The van der Waals surface area contributed by atoms with Crippen molar-refractivity contribution in [3.63, 3.8) is 0 Å². The van der Waals surface area contributed by atoms with E-state index in [0.717, 1.165) is 28.0 Å². The van der Waals surface area contributed by atoms with Gasteiger partial charge >= 0.3 is 0 Å². The number of carbonyl (C=O) groups excluding carboxylic acids is 3. The maximum atomic E-state index is 14.0. The van der Waals surface area contributed by atoms with Crippen LogP contribution < -0.4 is 21.1 Å². The summed E-state index contributed by atoms with van der Waals surface area (Å²) in [5.74, 6) is -0.406. The van der Waals surface area contributed by atoms with Crippen molar-refractivity contribution in [3.05, 3.63) is 101 Å². The minimum Gasteiger partial charge on any atom is -0.494 e. The predicted molar refractivity (Wildman–Crippen MR) is 161 cm³/mol. The molecule has 3 amide bonds. The second kappa shape index (κ2) is 15.6. The van der Waals surface area contributed by atoms with Crippen LogP contribution in [0.25, 0.3) is 0 Å². The Balaban J connectivity index is 1.83. The summed E-state index contributed by atoms with van der Waals surface area (Å²) in [6, 6.07) is 23.1. The van der Waals surface area contributed by atoms with E-state index in [-0.39, 0.29) is 30.1 Å². The molecule has 0 spiro atoms. The quantitative estimate of drug-likeness (QED) is 0.280. The third-order valence-corrected chi connectivity index (χ3v) is 6.93. The van der Waals surface area contributed by atoms with Gasteiger partial charge in [0.2, 0.25) is 17.7 Å². The fourth-order valence-corrected chi connectivity index (χ4v) is 4.41. The van der Waals surface area contributed by atoms with Gasteiger partial charge in [-0.25, -0.2) is 0 Å². The van der Waals surface area contributed by atoms with E-state index >= 15 is 0 Å². The molecule has 0 aromatic heterocycles. The van der Waals surface area contributed by atoms with Gasteiger partial charge in [0.15, 0.2) is 0 Å². The molecule has 4 N–H and O–H groups in total. The van der Waals surface area contributed by atoms with Crippen LogP contribution in [0.3, 0.4) is 0 Å². The van der Waals surface area contributed by atoms with E-state index in [9.17, 15) is 14.4 Å². The molecule has 8 nitrogen and oxygen atoms in total. The number of nitrogens with two attached hydrogens (primary N) is 1. The molecule has 218 valence electrons. The Kier molecular flexibility index (Phi) is 11.9. The molecule has 3 aromatic carbocycles. The molecule has 0 saturated heterocycles. The van der Waals surface area contributed by atoms with Gasteiger partial charge in [0.05, 0.1) is 6.61 Å². The molecular weight excluding hydrogens is 516 g/mol. The predicted octanol–water partition coefficient (Wildman–Crippen LogP) is 3.61. The van der Waals surface area contributed by atoms with Gasteiger partial charge in [0, 0.05) is 38.9 Å². The molecule has 0 heterocycles. The Bertz CT molecular complexity index is 1260. The summed E-state index contributed by atoms with van der Waals surface area (Å²) in [5.41, 5.74) is 9.43. The molecule has 0 radical (unpaired) electrons. The number of benzene rings is 3. The number of hydrogen-bond acceptors (Lipinski definition) is 5. The largest absolute Gasteiger partial charge is 0.494 e. The third-order valence-electron chi connectivity index (χ3n) is 6.93. The van der Waals surface area contributed by atoms with E-state index in [4.69, 9.17) is 10.5 Å². The summed E-state index contributed by atoms with van der Waals surface area (Å²) in [6.07, 6.45) is 0.607. The lowest BCUT2D eigenvalue weighted by Crippen LogP contribution is -2.56. The third kappa shape index (κ3) is 9.46. The number of ether oxygens (including phenoxy) is 1. The van der Waals surface area contributed by atoms with Gasteiger partial charge in [0.1, 0.15) is 17.8 Å². The minimum atomic E-state index is -0.845. The van der Waals surface area contributed by atoms with Crippen molar-refractivity contribution in [2.24, 2.45) is 11.7 Å². The molecule has 8 heteroatoms. The number of amides is 3. The van der Waals surface area contributed by atoms with Crippen LogP contribution >= 0.6 is 0 Å². The highest BCUT2D eigenvalue weighted by Gasteiger charge is 2.32. The van der Waals surface area contributed by atoms with Gasteiger partial charge < -0.3 is 26.0 Å². The summed E-state index contributed by atoms with van der Waals surface area (Å²) in [4.78, 5) is 41.7. The zero-order valence-corrected chi connectivity index (χ0v) is 24.4. The molecular formula is C33H42N4O4. The van der Waals surface area contributed by atoms with Gasteiger partial charge in [-0.3, -0.25) is 14.4 Å². The number of nitrogens with one attached hydrogen (secondary N) is 2. The van der Waals surface area contributed by atoms with Crippen LogP contribution in [0, 0.1) is 5.92 Å². The summed E-state index contributed by atoms with van der Waals surface area (Å²) in [6.45, 7) is 6.80. The maximum absolute atomic E-state index is 14.0. The maximum Gasteiger partial charge on any atom is 0.245 e. The first kappa shape index (κ1) is 31.4. The Morgan fingerprint density at radius 1 is 0.805 bits per heavy atom. The Morgan fingerprint density at radius 2 is 1.39 bits per heavy atom. The lowest BCUT2D eigenvalue weighted by Gasteiger charge is -2.31. The molecule has 0 aliphatic carbocycles. The van der Waals surface area contributed by atoms with Gasteiger partial charge in [-0.1, -0.05) is 80.6 Å². The molecule has 0 bridgehead atoms. The Hall–Kier alpha value is -4.17. The van der Waals surface area contributed by atoms with Gasteiger partial charge in [0.25, 0.3) is 0 Å². The Morgan fingerprint density at radius 3 is 1.98 bits per heavy atom. The molecule has 2 unspecified atom stereocenters. The van der Waals surface area contributed by atoms with Gasteiger partial charge in [-0.15, -0.1) is 0 Å². The Labute approximate surface area is 243 Å². The monoisotopic (exact) mass is 558 g/mol. The molecule has 0 aliphatic heterocycles. The number of hydrogen-bond donors (Lipinski definition) is 3. The smallest absolute Gasteiger partial charge is 0.245 e. The van der Waals surface area contributed by atoms with Crippen molar-refractivity contribution in [2.75, 3.05) is 13.7 Å². The second-order valence-electron chi connectivity index (χ2n) is 10.4. The minimum absolute atomic E-state index is 0.229. The van der Waals surface area contributed by atoms with E-state index in [0.29, 0.717) is 26.1 Å². The first-order chi connectivity index (χ1) is 19.7. The molecule has 41 heavy (non-hydrogen) atoms. The lowest BCUT2D eigenvalue weighted by molar-refractivity contribution is -0.142. The normalized spacial score (nSPS) is 12.3. The van der Waals surface area contributed by atoms with Crippen LogP contribution in [0.15, 0.2) is 78.9 Å². The van der Waals surface area contributed by atoms with Crippen molar-refractivity contribution in [1.29, 1.82) is 0 Å². The van der Waals surface area contributed by atoms with Crippen LogP contribution in [-0.2, 0) is 40.3 Å². The average Bonchev–Trinajstić information content (AvgIpc) is 2.99. The first-order valence-corrected chi connectivity index (χ1v) is 14.1. The highest BCUT2D eigenvalue weighted by molar-refractivity contribution is 5.92. The molecule has 3 aromatic rings. The van der Waals surface area contributed by atoms with Gasteiger partial charge in [-0.05, 0) is 41.3 Å². The number of rotatable bonds is 14. The topological polar surface area (TPSA) is 114 Å². The van der Waals surface area contributed by atoms with E-state index in [2.05, 4.69) is 10.6 Å². The second-order valence-corrected chi connectivity index (χ2v) is 10.4. The van der Waals surface area contributed by atoms with Crippen LogP contribution in [0.1, 0.15) is 43.0 Å². The summed E-state index contributed by atoms with van der Waals surface area (Å²) in [7, 11) is 1.62. The van der Waals surface area contributed by atoms with Crippen molar-refractivity contribution in [1.82, 2.24) is 15.5 Å². The van der Waals surface area contributed by atoms with Crippen LogP contribution in [-0.4, -0.2) is 48.4 Å². The molecule has 0 aliphatic rings. The van der Waals surface area contributed by atoms with E-state index in [1.807, 2.05) is 85.8 Å². The van der Waals surface area contributed by atoms with Gasteiger partial charge in [-0.2, -0.15) is 0 Å². The summed E-state index contributed by atoms with van der Waals surface area (Å²) < 4.78 is 5.53. The fraction of sp³-hybridized carbons (Fsp3) is 0.364. The molecule has 2 atom stereocenters. The average molecular weight is 559 g/mol. The van der Waals surface area contributed by atoms with Crippen molar-refractivity contribution in [2.45, 2.75) is 58.8 Å². The lowest BCUT2D eigenvalue weighted by atomic mass is 10.00. The van der Waals surface area contributed by atoms with Crippen LogP contribution in [0.4, 0.5) is 0 Å². The van der Waals surface area contributed by atoms with Crippen molar-refractivity contribution < 1.29 is 19.1 Å². The van der Waals surface area contributed by atoms with Crippen LogP contribution in [0.2, 0.25) is 0 Å². The highest BCUT2D eigenvalue weighted by Crippen LogP contribution is 2.16. The van der Waals surface area contributed by atoms with E-state index < -0.39 is 12.1 Å². The van der Waals surface area contributed by atoms with E-state index in [1.54, 1.807) is 20.9 Å². The highest BCUT2D eigenvalue weighted by atomic mass is 16.5. The molecule has 0 fully saturated rings.